The van der Waals surface area contributed by atoms with Gasteiger partial charge in [-0.05, 0) is 38.6 Å². The predicted molar refractivity (Wildman–Crippen MR) is 76.6 cm³/mol. The Balaban J connectivity index is 2.01. The molecule has 1 saturated heterocycles. The molecular formula is C15H24N2O2. The number of rotatable bonds is 4. The van der Waals surface area contributed by atoms with Gasteiger partial charge < -0.3 is 14.7 Å². The number of nitrogens with zero attached hydrogens (tertiary/aromatic N) is 2. The summed E-state index contributed by atoms with van der Waals surface area (Å²) in [6.07, 6.45) is 0. The first-order valence-corrected chi connectivity index (χ1v) is 6.97. The predicted octanol–water partition coefficient (Wildman–Crippen LogP) is 1.93. The Hall–Kier alpha value is -1.26. The van der Waals surface area contributed by atoms with Crippen LogP contribution >= 0.6 is 0 Å². The Morgan fingerprint density at radius 3 is 2.84 bits per heavy atom. The molecule has 0 radical (unpaired) electrons. The van der Waals surface area contributed by atoms with Gasteiger partial charge in [-0.1, -0.05) is 6.07 Å². The van der Waals surface area contributed by atoms with Crippen LogP contribution in [0.3, 0.4) is 0 Å². The Labute approximate surface area is 115 Å². The molecule has 1 N–H and O–H groups in total. The standard InChI is InChI=1S/C15H24N2O2/c1-4-19-15-9-13(5-6-14(15)18)11-17-8-7-16(3)12(2)10-17/h5-6,9,12,18H,4,7-8,10-11H2,1-3H3. The van der Waals surface area contributed by atoms with E-state index in [4.69, 9.17) is 4.74 Å². The van der Waals surface area contributed by atoms with Crippen molar-refractivity contribution >= 4 is 0 Å². The number of hydrogen-bond acceptors (Lipinski definition) is 4. The SMILES string of the molecule is CCOc1cc(CN2CCN(C)C(C)C2)ccc1O. The first-order chi connectivity index (χ1) is 9.10. The molecule has 1 aliphatic rings. The third-order valence-electron chi connectivity index (χ3n) is 3.77. The summed E-state index contributed by atoms with van der Waals surface area (Å²) in [6.45, 7) is 8.95. The highest BCUT2D eigenvalue weighted by Crippen LogP contribution is 2.27. The quantitative estimate of drug-likeness (QED) is 0.901. The Morgan fingerprint density at radius 2 is 2.16 bits per heavy atom. The number of benzene rings is 1. The summed E-state index contributed by atoms with van der Waals surface area (Å²) in [7, 11) is 2.18. The maximum Gasteiger partial charge on any atom is 0.161 e. The summed E-state index contributed by atoms with van der Waals surface area (Å²) in [6, 6.07) is 6.24. The van der Waals surface area contributed by atoms with Crippen LogP contribution in [0.5, 0.6) is 11.5 Å². The zero-order valence-electron chi connectivity index (χ0n) is 12.1. The fraction of sp³-hybridized carbons (Fsp3) is 0.600. The Morgan fingerprint density at radius 1 is 1.37 bits per heavy atom. The molecule has 1 heterocycles. The molecule has 106 valence electrons. The van der Waals surface area contributed by atoms with Gasteiger partial charge in [0.15, 0.2) is 11.5 Å². The van der Waals surface area contributed by atoms with E-state index in [-0.39, 0.29) is 5.75 Å². The number of phenols is 1. The highest BCUT2D eigenvalue weighted by Gasteiger charge is 2.20. The molecule has 0 amide bonds. The van der Waals surface area contributed by atoms with Crippen molar-refractivity contribution in [3.05, 3.63) is 23.8 Å². The Bertz CT molecular complexity index is 423. The molecule has 0 aromatic heterocycles. The molecule has 4 heteroatoms. The van der Waals surface area contributed by atoms with E-state index >= 15 is 0 Å². The topological polar surface area (TPSA) is 35.9 Å². The van der Waals surface area contributed by atoms with E-state index in [1.54, 1.807) is 6.07 Å². The van der Waals surface area contributed by atoms with Crippen LogP contribution < -0.4 is 4.74 Å². The van der Waals surface area contributed by atoms with Crippen molar-refractivity contribution in [3.63, 3.8) is 0 Å². The van der Waals surface area contributed by atoms with Gasteiger partial charge in [-0.15, -0.1) is 0 Å². The molecule has 0 spiro atoms. The molecule has 4 nitrogen and oxygen atoms in total. The largest absolute Gasteiger partial charge is 0.504 e. The zero-order valence-corrected chi connectivity index (χ0v) is 12.1. The summed E-state index contributed by atoms with van der Waals surface area (Å²) in [5.41, 5.74) is 1.19. The Kier molecular flexibility index (Phi) is 4.66. The van der Waals surface area contributed by atoms with Crippen LogP contribution in [0.1, 0.15) is 19.4 Å². The fourth-order valence-corrected chi connectivity index (χ4v) is 2.45. The number of likely N-dealkylation sites (N-methyl/N-ethyl adjacent to an activating group) is 1. The maximum atomic E-state index is 9.70. The average molecular weight is 264 g/mol. The lowest BCUT2D eigenvalue weighted by atomic mass is 10.1. The summed E-state index contributed by atoms with van der Waals surface area (Å²) < 4.78 is 5.43. The summed E-state index contributed by atoms with van der Waals surface area (Å²) in [4.78, 5) is 4.84. The van der Waals surface area contributed by atoms with Crippen molar-refractivity contribution in [1.29, 1.82) is 0 Å². The van der Waals surface area contributed by atoms with Crippen LogP contribution in [0.15, 0.2) is 18.2 Å². The lowest BCUT2D eigenvalue weighted by molar-refractivity contribution is 0.0999. The normalized spacial score (nSPS) is 21.5. The average Bonchev–Trinajstić information content (AvgIpc) is 2.38. The minimum absolute atomic E-state index is 0.220. The van der Waals surface area contributed by atoms with Crippen molar-refractivity contribution in [1.82, 2.24) is 9.80 Å². The first-order valence-electron chi connectivity index (χ1n) is 6.97. The van der Waals surface area contributed by atoms with Crippen LogP contribution in [0.2, 0.25) is 0 Å². The van der Waals surface area contributed by atoms with E-state index in [2.05, 4.69) is 23.8 Å². The second-order valence-electron chi connectivity index (χ2n) is 5.30. The molecule has 1 aliphatic heterocycles. The molecule has 0 aliphatic carbocycles. The zero-order chi connectivity index (χ0) is 13.8. The number of ether oxygens (including phenoxy) is 1. The molecule has 19 heavy (non-hydrogen) atoms. The molecule has 1 fully saturated rings. The van der Waals surface area contributed by atoms with Gasteiger partial charge in [0.05, 0.1) is 6.61 Å². The summed E-state index contributed by atoms with van der Waals surface area (Å²) in [5, 5.41) is 9.70. The van der Waals surface area contributed by atoms with E-state index in [1.807, 2.05) is 19.1 Å². The fourth-order valence-electron chi connectivity index (χ4n) is 2.45. The number of phenolic OH excluding ortho intramolecular Hbond substituents is 1. The molecule has 0 bridgehead atoms. The molecule has 1 unspecified atom stereocenters. The maximum absolute atomic E-state index is 9.70. The van der Waals surface area contributed by atoms with Crippen LogP contribution in [0.25, 0.3) is 0 Å². The first kappa shape index (κ1) is 14.2. The number of aromatic hydroxyl groups is 1. The molecule has 1 aromatic carbocycles. The van der Waals surface area contributed by atoms with Crippen LogP contribution in [0.4, 0.5) is 0 Å². The second-order valence-corrected chi connectivity index (χ2v) is 5.30. The summed E-state index contributed by atoms with van der Waals surface area (Å²) in [5.74, 6) is 0.805. The van der Waals surface area contributed by atoms with Gasteiger partial charge >= 0.3 is 0 Å². The third kappa shape index (κ3) is 3.61. The smallest absolute Gasteiger partial charge is 0.161 e. The van der Waals surface area contributed by atoms with E-state index in [1.165, 1.54) is 5.56 Å². The summed E-state index contributed by atoms with van der Waals surface area (Å²) >= 11 is 0. The lowest BCUT2D eigenvalue weighted by Gasteiger charge is -2.37. The molecule has 2 rings (SSSR count). The van der Waals surface area contributed by atoms with E-state index in [0.717, 1.165) is 26.2 Å². The van der Waals surface area contributed by atoms with Crippen LogP contribution in [-0.4, -0.2) is 54.2 Å². The molecule has 1 aromatic rings. The van der Waals surface area contributed by atoms with E-state index in [0.29, 0.717) is 18.4 Å². The second kappa shape index (κ2) is 6.26. The number of hydrogen-bond donors (Lipinski definition) is 1. The minimum atomic E-state index is 0.220. The van der Waals surface area contributed by atoms with Crippen LogP contribution in [0, 0.1) is 0 Å². The van der Waals surface area contributed by atoms with Crippen molar-refractivity contribution < 1.29 is 9.84 Å². The molecule has 0 saturated carbocycles. The van der Waals surface area contributed by atoms with Gasteiger partial charge in [0.2, 0.25) is 0 Å². The van der Waals surface area contributed by atoms with Crippen molar-refractivity contribution in [2.45, 2.75) is 26.4 Å². The van der Waals surface area contributed by atoms with Gasteiger partial charge in [-0.25, -0.2) is 0 Å². The molecule has 1 atom stereocenters. The minimum Gasteiger partial charge on any atom is -0.504 e. The van der Waals surface area contributed by atoms with Crippen LogP contribution in [-0.2, 0) is 6.54 Å². The van der Waals surface area contributed by atoms with Crippen molar-refractivity contribution in [2.24, 2.45) is 0 Å². The highest BCUT2D eigenvalue weighted by molar-refractivity contribution is 5.41. The highest BCUT2D eigenvalue weighted by atomic mass is 16.5. The third-order valence-corrected chi connectivity index (χ3v) is 3.77. The van der Waals surface area contributed by atoms with E-state index in [9.17, 15) is 5.11 Å². The molecular weight excluding hydrogens is 240 g/mol. The van der Waals surface area contributed by atoms with Crippen molar-refractivity contribution in [3.8, 4) is 11.5 Å². The van der Waals surface area contributed by atoms with Gasteiger partial charge in [0.25, 0.3) is 0 Å². The number of piperazine rings is 1. The van der Waals surface area contributed by atoms with Crippen molar-refractivity contribution in [2.75, 3.05) is 33.3 Å². The van der Waals surface area contributed by atoms with Gasteiger partial charge in [-0.3, -0.25) is 4.90 Å². The van der Waals surface area contributed by atoms with Gasteiger partial charge in [0, 0.05) is 32.2 Å². The monoisotopic (exact) mass is 264 g/mol. The van der Waals surface area contributed by atoms with Gasteiger partial charge in [0.1, 0.15) is 0 Å². The van der Waals surface area contributed by atoms with E-state index < -0.39 is 0 Å². The van der Waals surface area contributed by atoms with Gasteiger partial charge in [-0.2, -0.15) is 0 Å². The lowest BCUT2D eigenvalue weighted by Crippen LogP contribution is -2.49.